The van der Waals surface area contributed by atoms with Gasteiger partial charge in [0.05, 0.1) is 0 Å². The Morgan fingerprint density at radius 1 is 0.588 bits per heavy atom. The van der Waals surface area contributed by atoms with Crippen molar-refractivity contribution in [3.8, 4) is 0 Å². The fraction of sp³-hybridized carbons (Fsp3) is 0.0357. The first kappa shape index (κ1) is 22.6. The second-order valence-electron chi connectivity index (χ2n) is 7.58. The molecule has 3 N–H and O–H groups in total. The minimum atomic E-state index is -1.43. The number of hydrogen-bond donors (Lipinski definition) is 3. The monoisotopic (exact) mass is 450 g/mol. The predicted molar refractivity (Wildman–Crippen MR) is 131 cm³/mol. The molecule has 0 radical (unpaired) electrons. The molecule has 0 saturated carbocycles. The molecule has 0 aliphatic heterocycles. The lowest BCUT2D eigenvalue weighted by Crippen LogP contribution is -2.18. The molecular weight excluding hydrogens is 428 g/mol. The minimum Gasteiger partial charge on any atom is -0.380 e. The van der Waals surface area contributed by atoms with Gasteiger partial charge in [0.25, 0.3) is 11.8 Å². The van der Waals surface area contributed by atoms with E-state index in [4.69, 9.17) is 0 Å². The Labute approximate surface area is 196 Å². The predicted octanol–water partition coefficient (Wildman–Crippen LogP) is 5.11. The summed E-state index contributed by atoms with van der Waals surface area (Å²) in [6.45, 7) is 0. The Kier molecular flexibility index (Phi) is 6.91. The third-order valence-corrected chi connectivity index (χ3v) is 5.23. The molecular formula is C28H22N2O4. The first-order chi connectivity index (χ1) is 16.5. The van der Waals surface area contributed by atoms with Crippen LogP contribution in [0.15, 0.2) is 109 Å². The molecule has 0 heterocycles. The van der Waals surface area contributed by atoms with Crippen molar-refractivity contribution in [1.82, 2.24) is 0 Å². The Balaban J connectivity index is 1.51. The van der Waals surface area contributed by atoms with Gasteiger partial charge in [-0.1, -0.05) is 72.8 Å². The van der Waals surface area contributed by atoms with Gasteiger partial charge in [-0.3, -0.25) is 14.4 Å². The zero-order chi connectivity index (χ0) is 23.9. The van der Waals surface area contributed by atoms with E-state index in [2.05, 4.69) is 10.6 Å². The van der Waals surface area contributed by atoms with E-state index in [1.165, 1.54) is 0 Å². The molecule has 34 heavy (non-hydrogen) atoms. The van der Waals surface area contributed by atoms with E-state index >= 15 is 0 Å². The lowest BCUT2D eigenvalue weighted by Gasteiger charge is -2.16. The number of hydrogen-bond acceptors (Lipinski definition) is 4. The van der Waals surface area contributed by atoms with Gasteiger partial charge in [0.15, 0.2) is 5.78 Å². The lowest BCUT2D eigenvalue weighted by molar-refractivity contribution is 0.0747. The molecule has 4 aromatic carbocycles. The second-order valence-corrected chi connectivity index (χ2v) is 7.58. The van der Waals surface area contributed by atoms with E-state index in [1.807, 2.05) is 6.07 Å². The fourth-order valence-corrected chi connectivity index (χ4v) is 3.48. The van der Waals surface area contributed by atoms with Crippen molar-refractivity contribution in [3.05, 3.63) is 131 Å². The molecule has 0 aromatic heterocycles. The van der Waals surface area contributed by atoms with Crippen LogP contribution in [0.1, 0.15) is 42.7 Å². The highest BCUT2D eigenvalue weighted by Gasteiger charge is 2.22. The molecule has 6 heteroatoms. The molecule has 0 aliphatic carbocycles. The molecule has 2 amide bonds. The lowest BCUT2D eigenvalue weighted by atomic mass is 9.98. The van der Waals surface area contributed by atoms with Crippen LogP contribution in [0.4, 0.5) is 11.4 Å². The summed E-state index contributed by atoms with van der Waals surface area (Å²) in [4.78, 5) is 38.1. The van der Waals surface area contributed by atoms with Crippen molar-refractivity contribution in [3.63, 3.8) is 0 Å². The van der Waals surface area contributed by atoms with Gasteiger partial charge in [-0.05, 0) is 36.4 Å². The van der Waals surface area contributed by atoms with Crippen LogP contribution in [-0.2, 0) is 0 Å². The van der Waals surface area contributed by atoms with Gasteiger partial charge in [0, 0.05) is 33.6 Å². The number of carbonyl (C=O) groups is 3. The van der Waals surface area contributed by atoms with Gasteiger partial charge in [-0.25, -0.2) is 0 Å². The van der Waals surface area contributed by atoms with E-state index in [0.717, 1.165) is 0 Å². The van der Waals surface area contributed by atoms with Gasteiger partial charge in [0.2, 0.25) is 0 Å². The third kappa shape index (κ3) is 5.26. The summed E-state index contributed by atoms with van der Waals surface area (Å²) in [6.07, 6.45) is -1.43. The van der Waals surface area contributed by atoms with E-state index < -0.39 is 17.8 Å². The highest BCUT2D eigenvalue weighted by atomic mass is 16.3. The highest BCUT2D eigenvalue weighted by molar-refractivity contribution is 6.08. The molecule has 1 unspecified atom stereocenters. The molecule has 4 aromatic rings. The van der Waals surface area contributed by atoms with Crippen molar-refractivity contribution < 1.29 is 19.5 Å². The molecule has 0 fully saturated rings. The zero-order valence-corrected chi connectivity index (χ0v) is 18.1. The quantitative estimate of drug-likeness (QED) is 0.341. The van der Waals surface area contributed by atoms with Crippen LogP contribution in [-0.4, -0.2) is 22.7 Å². The maximum Gasteiger partial charge on any atom is 0.255 e. The van der Waals surface area contributed by atoms with Crippen LogP contribution < -0.4 is 10.6 Å². The van der Waals surface area contributed by atoms with Crippen molar-refractivity contribution in [2.24, 2.45) is 0 Å². The van der Waals surface area contributed by atoms with Crippen LogP contribution >= 0.6 is 0 Å². The summed E-state index contributed by atoms with van der Waals surface area (Å²) in [6, 6.07) is 30.4. The van der Waals surface area contributed by atoms with Crippen molar-refractivity contribution in [1.29, 1.82) is 0 Å². The normalized spacial score (nSPS) is 11.3. The van der Waals surface area contributed by atoms with E-state index in [1.54, 1.807) is 103 Å². The summed E-state index contributed by atoms with van der Waals surface area (Å²) in [5, 5.41) is 16.2. The number of carbonyl (C=O) groups excluding carboxylic acids is 3. The van der Waals surface area contributed by atoms with Gasteiger partial charge < -0.3 is 15.7 Å². The number of benzene rings is 4. The standard InChI is InChI=1S/C28H22N2O4/c31-25(19-10-3-1-4-11-19)26(32)23-16-7-8-17-24(23)30-28(34)21-14-9-15-22(18-21)29-27(33)20-12-5-2-6-13-20/h1-18,26,32H,(H,29,33)(H,30,34). The molecule has 0 bridgehead atoms. The summed E-state index contributed by atoms with van der Waals surface area (Å²) >= 11 is 0. The molecule has 4 rings (SSSR count). The highest BCUT2D eigenvalue weighted by Crippen LogP contribution is 2.26. The van der Waals surface area contributed by atoms with Crippen molar-refractivity contribution in [2.45, 2.75) is 6.10 Å². The summed E-state index contributed by atoms with van der Waals surface area (Å²) < 4.78 is 0. The first-order valence-corrected chi connectivity index (χ1v) is 10.7. The summed E-state index contributed by atoms with van der Waals surface area (Å²) in [5.74, 6) is -1.19. The zero-order valence-electron chi connectivity index (χ0n) is 18.1. The van der Waals surface area contributed by atoms with Crippen LogP contribution in [0.5, 0.6) is 0 Å². The second kappa shape index (κ2) is 10.4. The maximum absolute atomic E-state index is 12.9. The van der Waals surface area contributed by atoms with E-state index in [0.29, 0.717) is 33.6 Å². The topological polar surface area (TPSA) is 95.5 Å². The number of aliphatic hydroxyl groups excluding tert-OH is 1. The largest absolute Gasteiger partial charge is 0.380 e. The average Bonchev–Trinajstić information content (AvgIpc) is 2.89. The summed E-state index contributed by atoms with van der Waals surface area (Å²) in [7, 11) is 0. The molecule has 6 nitrogen and oxygen atoms in total. The molecule has 0 spiro atoms. The number of rotatable bonds is 7. The van der Waals surface area contributed by atoms with Crippen molar-refractivity contribution in [2.75, 3.05) is 10.6 Å². The number of aliphatic hydroxyl groups is 1. The maximum atomic E-state index is 12.9. The van der Waals surface area contributed by atoms with Gasteiger partial charge in [-0.2, -0.15) is 0 Å². The van der Waals surface area contributed by atoms with Crippen LogP contribution in [0.25, 0.3) is 0 Å². The molecule has 1 atom stereocenters. The minimum absolute atomic E-state index is 0.286. The number of amides is 2. The fourth-order valence-electron chi connectivity index (χ4n) is 3.48. The Morgan fingerprint density at radius 3 is 1.85 bits per heavy atom. The van der Waals surface area contributed by atoms with Crippen molar-refractivity contribution >= 4 is 29.0 Å². The van der Waals surface area contributed by atoms with E-state index in [9.17, 15) is 19.5 Å². The van der Waals surface area contributed by atoms with Gasteiger partial charge >= 0.3 is 0 Å². The van der Waals surface area contributed by atoms with Crippen LogP contribution in [0.2, 0.25) is 0 Å². The van der Waals surface area contributed by atoms with Crippen LogP contribution in [0, 0.1) is 0 Å². The Bertz CT molecular complexity index is 1320. The Morgan fingerprint density at radius 2 is 1.15 bits per heavy atom. The smallest absolute Gasteiger partial charge is 0.255 e. The average molecular weight is 450 g/mol. The molecule has 168 valence electrons. The van der Waals surface area contributed by atoms with Gasteiger partial charge in [0.1, 0.15) is 6.10 Å². The number of nitrogens with one attached hydrogen (secondary N) is 2. The number of ketones is 1. The first-order valence-electron chi connectivity index (χ1n) is 10.7. The third-order valence-electron chi connectivity index (χ3n) is 5.23. The number of para-hydroxylation sites is 1. The number of Topliss-reactive ketones (excluding diaryl/α,β-unsaturated/α-hetero) is 1. The van der Waals surface area contributed by atoms with Crippen LogP contribution in [0.3, 0.4) is 0 Å². The number of anilines is 2. The van der Waals surface area contributed by atoms with E-state index in [-0.39, 0.29) is 5.91 Å². The molecule has 0 saturated heterocycles. The summed E-state index contributed by atoms with van der Waals surface area (Å²) in [5.41, 5.74) is 2.27. The Hall–Kier alpha value is -4.55. The SMILES string of the molecule is O=C(Nc1cccc(C(=O)Nc2ccccc2C(O)C(=O)c2ccccc2)c1)c1ccccc1. The molecule has 0 aliphatic rings. The van der Waals surface area contributed by atoms with Gasteiger partial charge in [-0.15, -0.1) is 0 Å².